The number of benzene rings is 1. The monoisotopic (exact) mass is 318 g/mol. The normalized spacial score (nSPS) is 20.5. The Labute approximate surface area is 102 Å². The van der Waals surface area contributed by atoms with Crippen LogP contribution in [0.5, 0.6) is 0 Å². The summed E-state index contributed by atoms with van der Waals surface area (Å²) in [5.41, 5.74) is 0.886. The summed E-state index contributed by atoms with van der Waals surface area (Å²) in [7, 11) is 0. The molecule has 0 saturated carbocycles. The van der Waals surface area contributed by atoms with Gasteiger partial charge >= 0.3 is 6.09 Å². The SMILES string of the molecule is O=C1OCC(CNI)N1c1ccccc1. The molecule has 1 N–H and O–H groups in total. The zero-order valence-electron chi connectivity index (χ0n) is 8.02. The van der Waals surface area contributed by atoms with Gasteiger partial charge in [0.05, 0.1) is 6.04 Å². The first-order chi connectivity index (χ1) is 7.33. The fourth-order valence-electron chi connectivity index (χ4n) is 1.60. The maximum atomic E-state index is 11.5. The lowest BCUT2D eigenvalue weighted by Gasteiger charge is -2.20. The third-order valence-corrected chi connectivity index (χ3v) is 2.75. The molecular weight excluding hydrogens is 307 g/mol. The number of cyclic esters (lactones) is 1. The molecule has 0 bridgehead atoms. The lowest BCUT2D eigenvalue weighted by Crippen LogP contribution is -2.38. The molecule has 1 unspecified atom stereocenters. The highest BCUT2D eigenvalue weighted by molar-refractivity contribution is 14.1. The van der Waals surface area contributed by atoms with Crippen LogP contribution in [0, 0.1) is 0 Å². The lowest BCUT2D eigenvalue weighted by molar-refractivity contribution is 0.179. The summed E-state index contributed by atoms with van der Waals surface area (Å²) in [6, 6.07) is 9.65. The molecule has 4 nitrogen and oxygen atoms in total. The molecule has 1 aromatic rings. The fraction of sp³-hybridized carbons (Fsp3) is 0.300. The van der Waals surface area contributed by atoms with E-state index in [0.29, 0.717) is 6.61 Å². The van der Waals surface area contributed by atoms with Gasteiger partial charge in [0.15, 0.2) is 0 Å². The van der Waals surface area contributed by atoms with Gasteiger partial charge in [-0.25, -0.2) is 4.79 Å². The van der Waals surface area contributed by atoms with E-state index >= 15 is 0 Å². The highest BCUT2D eigenvalue weighted by atomic mass is 127. The van der Waals surface area contributed by atoms with Crippen LogP contribution >= 0.6 is 22.9 Å². The number of carbonyl (C=O) groups excluding carboxylic acids is 1. The van der Waals surface area contributed by atoms with Gasteiger partial charge in [0.1, 0.15) is 6.61 Å². The third kappa shape index (κ3) is 2.23. The maximum Gasteiger partial charge on any atom is 0.414 e. The van der Waals surface area contributed by atoms with Crippen molar-refractivity contribution >= 4 is 34.6 Å². The number of hydrogen-bond donors (Lipinski definition) is 1. The number of carbonyl (C=O) groups is 1. The lowest BCUT2D eigenvalue weighted by atomic mass is 10.2. The van der Waals surface area contributed by atoms with E-state index in [-0.39, 0.29) is 12.1 Å². The second-order valence-corrected chi connectivity index (χ2v) is 4.04. The minimum Gasteiger partial charge on any atom is -0.447 e. The van der Waals surface area contributed by atoms with Gasteiger partial charge in [-0.3, -0.25) is 8.43 Å². The number of rotatable bonds is 3. The van der Waals surface area contributed by atoms with E-state index in [9.17, 15) is 4.79 Å². The van der Waals surface area contributed by atoms with Crippen LogP contribution in [-0.2, 0) is 4.74 Å². The van der Waals surface area contributed by atoms with E-state index in [1.165, 1.54) is 0 Å². The Bertz CT molecular complexity index is 345. The number of halogens is 1. The first-order valence-electron chi connectivity index (χ1n) is 4.67. The number of hydrogen-bond acceptors (Lipinski definition) is 3. The van der Waals surface area contributed by atoms with E-state index in [1.54, 1.807) is 4.90 Å². The van der Waals surface area contributed by atoms with E-state index in [0.717, 1.165) is 12.2 Å². The summed E-state index contributed by atoms with van der Waals surface area (Å²) < 4.78 is 8.05. The zero-order chi connectivity index (χ0) is 10.7. The Balaban J connectivity index is 2.21. The predicted octanol–water partition coefficient (Wildman–Crippen LogP) is 1.95. The van der Waals surface area contributed by atoms with Crippen LogP contribution in [0.1, 0.15) is 0 Å². The van der Waals surface area contributed by atoms with Gasteiger partial charge in [0.25, 0.3) is 0 Å². The fourth-order valence-corrected chi connectivity index (χ4v) is 2.11. The smallest absolute Gasteiger partial charge is 0.414 e. The molecule has 15 heavy (non-hydrogen) atoms. The molecule has 1 amide bonds. The average molecular weight is 318 g/mol. The minimum absolute atomic E-state index is 0.0804. The second kappa shape index (κ2) is 4.80. The van der Waals surface area contributed by atoms with Gasteiger partial charge < -0.3 is 4.74 Å². The van der Waals surface area contributed by atoms with Gasteiger partial charge in [-0.05, 0) is 12.1 Å². The highest BCUT2D eigenvalue weighted by Crippen LogP contribution is 2.22. The maximum absolute atomic E-state index is 11.5. The molecule has 1 aromatic carbocycles. The molecule has 1 aliphatic heterocycles. The molecule has 2 rings (SSSR count). The van der Waals surface area contributed by atoms with E-state index in [4.69, 9.17) is 4.74 Å². The minimum atomic E-state index is -0.266. The molecular formula is C10H11IN2O2. The summed E-state index contributed by atoms with van der Waals surface area (Å²) in [6.45, 7) is 1.17. The molecule has 0 aliphatic carbocycles. The van der Waals surface area contributed by atoms with Gasteiger partial charge in [0, 0.05) is 35.1 Å². The first kappa shape index (κ1) is 10.7. The van der Waals surface area contributed by atoms with Crippen molar-refractivity contribution < 1.29 is 9.53 Å². The van der Waals surface area contributed by atoms with Crippen molar-refractivity contribution in [3.05, 3.63) is 30.3 Å². The molecule has 1 aliphatic rings. The largest absolute Gasteiger partial charge is 0.447 e. The molecule has 1 saturated heterocycles. The number of anilines is 1. The van der Waals surface area contributed by atoms with Gasteiger partial charge in [-0.1, -0.05) is 18.2 Å². The second-order valence-electron chi connectivity index (χ2n) is 3.27. The molecule has 1 fully saturated rings. The van der Waals surface area contributed by atoms with Crippen molar-refractivity contribution in [1.29, 1.82) is 0 Å². The van der Waals surface area contributed by atoms with Crippen LogP contribution in [0.4, 0.5) is 10.5 Å². The van der Waals surface area contributed by atoms with Crippen molar-refractivity contribution in [2.24, 2.45) is 0 Å². The molecule has 5 heteroatoms. The van der Waals surface area contributed by atoms with Crippen LogP contribution in [0.2, 0.25) is 0 Å². The van der Waals surface area contributed by atoms with Gasteiger partial charge in [-0.2, -0.15) is 0 Å². The third-order valence-electron chi connectivity index (χ3n) is 2.31. The molecule has 0 spiro atoms. The van der Waals surface area contributed by atoms with Crippen LogP contribution in [0.25, 0.3) is 0 Å². The number of nitrogens with zero attached hydrogens (tertiary/aromatic N) is 1. The van der Waals surface area contributed by atoms with Gasteiger partial charge in [0.2, 0.25) is 0 Å². The number of nitrogens with one attached hydrogen (secondary N) is 1. The van der Waals surface area contributed by atoms with Crippen LogP contribution < -0.4 is 8.43 Å². The summed E-state index contributed by atoms with van der Waals surface area (Å²) in [5.74, 6) is 0. The van der Waals surface area contributed by atoms with Crippen LogP contribution in [-0.4, -0.2) is 25.3 Å². The Kier molecular flexibility index (Phi) is 3.42. The van der Waals surface area contributed by atoms with Crippen molar-refractivity contribution in [2.75, 3.05) is 18.1 Å². The summed E-state index contributed by atoms with van der Waals surface area (Å²) in [4.78, 5) is 13.2. The van der Waals surface area contributed by atoms with Crippen molar-refractivity contribution in [2.45, 2.75) is 6.04 Å². The van der Waals surface area contributed by atoms with Crippen LogP contribution in [0.3, 0.4) is 0 Å². The average Bonchev–Trinajstić information content (AvgIpc) is 2.62. The predicted molar refractivity (Wildman–Crippen MR) is 66.1 cm³/mol. The van der Waals surface area contributed by atoms with E-state index in [2.05, 4.69) is 26.4 Å². The number of ether oxygens (including phenoxy) is 1. The van der Waals surface area contributed by atoms with E-state index < -0.39 is 0 Å². The van der Waals surface area contributed by atoms with Crippen molar-refractivity contribution in [3.63, 3.8) is 0 Å². The highest BCUT2D eigenvalue weighted by Gasteiger charge is 2.33. The molecule has 80 valence electrons. The number of para-hydroxylation sites is 1. The standard InChI is InChI=1S/C10H11IN2O2/c11-12-6-9-7-15-10(14)13(9)8-4-2-1-3-5-8/h1-5,9,12H,6-7H2. The Hall–Kier alpha value is -0.820. The molecule has 1 atom stereocenters. The Morgan fingerprint density at radius 3 is 2.87 bits per heavy atom. The zero-order valence-corrected chi connectivity index (χ0v) is 10.2. The number of amides is 1. The summed E-state index contributed by atoms with van der Waals surface area (Å²) in [6.07, 6.45) is -0.266. The molecule has 0 radical (unpaired) electrons. The summed E-state index contributed by atoms with van der Waals surface area (Å²) in [5, 5.41) is 0. The van der Waals surface area contributed by atoms with E-state index in [1.807, 2.05) is 30.3 Å². The molecule has 0 aromatic heterocycles. The quantitative estimate of drug-likeness (QED) is 0.684. The van der Waals surface area contributed by atoms with Crippen LogP contribution in [0.15, 0.2) is 30.3 Å². The van der Waals surface area contributed by atoms with Gasteiger partial charge in [-0.15, -0.1) is 0 Å². The first-order valence-corrected chi connectivity index (χ1v) is 5.75. The Morgan fingerprint density at radius 2 is 2.20 bits per heavy atom. The van der Waals surface area contributed by atoms with Crippen molar-refractivity contribution in [3.8, 4) is 0 Å². The summed E-state index contributed by atoms with van der Waals surface area (Å²) >= 11 is 2.07. The topological polar surface area (TPSA) is 41.6 Å². The van der Waals surface area contributed by atoms with Crippen molar-refractivity contribution in [1.82, 2.24) is 3.53 Å². The molecule has 1 heterocycles. The Morgan fingerprint density at radius 1 is 1.47 bits per heavy atom.